The van der Waals surface area contributed by atoms with Gasteiger partial charge in [0.2, 0.25) is 0 Å². The van der Waals surface area contributed by atoms with E-state index < -0.39 is 0 Å². The van der Waals surface area contributed by atoms with E-state index in [0.29, 0.717) is 22.8 Å². The molecule has 5 heteroatoms. The van der Waals surface area contributed by atoms with Gasteiger partial charge in [-0.1, -0.05) is 25.1 Å². The summed E-state index contributed by atoms with van der Waals surface area (Å²) in [4.78, 5) is 7.01. The van der Waals surface area contributed by atoms with Crippen molar-refractivity contribution in [2.24, 2.45) is 5.73 Å². The van der Waals surface area contributed by atoms with Gasteiger partial charge in [0.1, 0.15) is 4.99 Å². The van der Waals surface area contributed by atoms with Crippen molar-refractivity contribution in [3.8, 4) is 0 Å². The van der Waals surface area contributed by atoms with E-state index in [-0.39, 0.29) is 0 Å². The van der Waals surface area contributed by atoms with Crippen LogP contribution in [0.25, 0.3) is 0 Å². The zero-order chi connectivity index (χ0) is 13.2. The summed E-state index contributed by atoms with van der Waals surface area (Å²) in [5.74, 6) is 0. The number of morpholine rings is 1. The van der Waals surface area contributed by atoms with E-state index in [2.05, 4.69) is 9.88 Å². The largest absolute Gasteiger partial charge is 0.388 e. The molecule has 1 aliphatic carbocycles. The van der Waals surface area contributed by atoms with Crippen LogP contribution in [-0.2, 0) is 4.74 Å². The van der Waals surface area contributed by atoms with Crippen molar-refractivity contribution in [1.82, 2.24) is 4.98 Å². The standard InChI is InChI=1S/C14H19N3OS/c15-14(19)11-9-10(5-6-16-11)17-7-8-18-13-4-2-1-3-12(13)17/h5-6,9,12-13H,1-4,7-8H2,(H2,15,19). The van der Waals surface area contributed by atoms with E-state index in [1.54, 1.807) is 6.20 Å². The molecule has 0 amide bonds. The first-order valence-electron chi connectivity index (χ1n) is 6.90. The molecule has 2 aliphatic rings. The van der Waals surface area contributed by atoms with Gasteiger partial charge in [-0.2, -0.15) is 0 Å². The lowest BCUT2D eigenvalue weighted by molar-refractivity contribution is -0.00868. The fourth-order valence-electron chi connectivity index (χ4n) is 3.15. The summed E-state index contributed by atoms with van der Waals surface area (Å²) in [6, 6.07) is 4.53. The van der Waals surface area contributed by atoms with Crippen molar-refractivity contribution in [1.29, 1.82) is 0 Å². The van der Waals surface area contributed by atoms with Gasteiger partial charge in [-0.25, -0.2) is 0 Å². The molecular formula is C14H19N3OS. The van der Waals surface area contributed by atoms with Crippen LogP contribution in [0.4, 0.5) is 5.69 Å². The summed E-state index contributed by atoms with van der Waals surface area (Å²) in [6.07, 6.45) is 7.11. The second kappa shape index (κ2) is 5.43. The molecule has 102 valence electrons. The number of fused-ring (bicyclic) bond motifs is 1. The molecule has 0 aromatic carbocycles. The number of nitrogens with zero attached hydrogens (tertiary/aromatic N) is 2. The lowest BCUT2D eigenvalue weighted by atomic mass is 9.90. The monoisotopic (exact) mass is 277 g/mol. The van der Waals surface area contributed by atoms with Crippen LogP contribution in [0.15, 0.2) is 18.3 Å². The van der Waals surface area contributed by atoms with E-state index >= 15 is 0 Å². The lowest BCUT2D eigenvalue weighted by Crippen LogP contribution is -2.52. The van der Waals surface area contributed by atoms with E-state index in [0.717, 1.165) is 18.8 Å². The lowest BCUT2D eigenvalue weighted by Gasteiger charge is -2.45. The summed E-state index contributed by atoms with van der Waals surface area (Å²) in [5.41, 5.74) is 7.53. The molecule has 1 aromatic rings. The first kappa shape index (κ1) is 12.8. The van der Waals surface area contributed by atoms with E-state index in [4.69, 9.17) is 22.7 Å². The van der Waals surface area contributed by atoms with Gasteiger partial charge in [0.05, 0.1) is 24.4 Å². The molecule has 2 atom stereocenters. The molecular weight excluding hydrogens is 258 g/mol. The number of aromatic nitrogens is 1. The topological polar surface area (TPSA) is 51.4 Å². The molecule has 1 saturated heterocycles. The first-order valence-corrected chi connectivity index (χ1v) is 7.30. The summed E-state index contributed by atoms with van der Waals surface area (Å²) in [5, 5.41) is 0. The van der Waals surface area contributed by atoms with Crippen LogP contribution < -0.4 is 10.6 Å². The Hall–Kier alpha value is -1.20. The quantitative estimate of drug-likeness (QED) is 0.836. The van der Waals surface area contributed by atoms with Gasteiger partial charge in [-0.05, 0) is 25.0 Å². The van der Waals surface area contributed by atoms with Gasteiger partial charge in [0.25, 0.3) is 0 Å². The van der Waals surface area contributed by atoms with Gasteiger partial charge >= 0.3 is 0 Å². The van der Waals surface area contributed by atoms with Crippen molar-refractivity contribution in [2.45, 2.75) is 37.8 Å². The third kappa shape index (κ3) is 2.58. The highest BCUT2D eigenvalue weighted by atomic mass is 32.1. The Balaban J connectivity index is 1.87. The Morgan fingerprint density at radius 3 is 3.11 bits per heavy atom. The minimum Gasteiger partial charge on any atom is -0.388 e. The zero-order valence-electron chi connectivity index (χ0n) is 10.9. The molecule has 0 spiro atoms. The molecule has 2 unspecified atom stereocenters. The van der Waals surface area contributed by atoms with Crippen LogP contribution in [-0.4, -0.2) is 35.3 Å². The number of pyridine rings is 1. The maximum absolute atomic E-state index is 5.90. The molecule has 2 N–H and O–H groups in total. The summed E-state index contributed by atoms with van der Waals surface area (Å²) >= 11 is 5.01. The van der Waals surface area contributed by atoms with Crippen molar-refractivity contribution in [3.63, 3.8) is 0 Å². The molecule has 2 heterocycles. The maximum atomic E-state index is 5.90. The predicted octanol–water partition coefficient (Wildman–Crippen LogP) is 1.86. The van der Waals surface area contributed by atoms with Crippen molar-refractivity contribution in [2.75, 3.05) is 18.1 Å². The van der Waals surface area contributed by atoms with Gasteiger partial charge in [-0.15, -0.1) is 0 Å². The predicted molar refractivity (Wildman–Crippen MR) is 79.5 cm³/mol. The van der Waals surface area contributed by atoms with Gasteiger partial charge in [0, 0.05) is 18.4 Å². The Morgan fingerprint density at radius 2 is 2.26 bits per heavy atom. The van der Waals surface area contributed by atoms with Crippen LogP contribution in [0.5, 0.6) is 0 Å². The van der Waals surface area contributed by atoms with Crippen molar-refractivity contribution < 1.29 is 4.74 Å². The second-order valence-electron chi connectivity index (χ2n) is 5.22. The number of hydrogen-bond donors (Lipinski definition) is 1. The molecule has 1 saturated carbocycles. The van der Waals surface area contributed by atoms with E-state index in [1.165, 1.54) is 25.7 Å². The van der Waals surface area contributed by atoms with Crippen LogP contribution in [0, 0.1) is 0 Å². The normalized spacial score (nSPS) is 26.8. The molecule has 4 nitrogen and oxygen atoms in total. The van der Waals surface area contributed by atoms with Crippen LogP contribution in [0.2, 0.25) is 0 Å². The smallest absolute Gasteiger partial charge is 0.122 e. The Morgan fingerprint density at radius 1 is 1.42 bits per heavy atom. The Labute approximate surface area is 118 Å². The molecule has 0 bridgehead atoms. The van der Waals surface area contributed by atoms with E-state index in [1.807, 2.05) is 12.1 Å². The highest BCUT2D eigenvalue weighted by molar-refractivity contribution is 7.80. The number of anilines is 1. The van der Waals surface area contributed by atoms with Crippen molar-refractivity contribution >= 4 is 22.9 Å². The average molecular weight is 277 g/mol. The Bertz CT molecular complexity index is 478. The fraction of sp³-hybridized carbons (Fsp3) is 0.571. The fourth-order valence-corrected chi connectivity index (χ4v) is 3.26. The first-order chi connectivity index (χ1) is 9.25. The minimum atomic E-state index is 0.357. The highest BCUT2D eigenvalue weighted by Crippen LogP contribution is 2.31. The molecule has 3 rings (SSSR count). The van der Waals surface area contributed by atoms with Crippen LogP contribution in [0.1, 0.15) is 31.4 Å². The van der Waals surface area contributed by atoms with E-state index in [9.17, 15) is 0 Å². The SMILES string of the molecule is NC(=S)c1cc(N2CCOC3CCCCC32)ccn1. The van der Waals surface area contributed by atoms with Gasteiger partial charge < -0.3 is 15.4 Å². The number of ether oxygens (including phenoxy) is 1. The number of nitrogens with two attached hydrogens (primary N) is 1. The van der Waals surface area contributed by atoms with Crippen molar-refractivity contribution in [3.05, 3.63) is 24.0 Å². The minimum absolute atomic E-state index is 0.357. The summed E-state index contributed by atoms with van der Waals surface area (Å²) in [7, 11) is 0. The molecule has 2 fully saturated rings. The maximum Gasteiger partial charge on any atom is 0.122 e. The molecule has 1 aromatic heterocycles. The van der Waals surface area contributed by atoms with Crippen LogP contribution in [0.3, 0.4) is 0 Å². The third-order valence-electron chi connectivity index (χ3n) is 4.06. The van der Waals surface area contributed by atoms with Gasteiger partial charge in [-0.3, -0.25) is 4.98 Å². The zero-order valence-corrected chi connectivity index (χ0v) is 11.7. The highest BCUT2D eigenvalue weighted by Gasteiger charge is 2.34. The molecule has 19 heavy (non-hydrogen) atoms. The third-order valence-corrected chi connectivity index (χ3v) is 4.27. The summed E-state index contributed by atoms with van der Waals surface area (Å²) in [6.45, 7) is 1.73. The average Bonchev–Trinajstić information content (AvgIpc) is 2.47. The Kier molecular flexibility index (Phi) is 3.66. The number of thiocarbonyl (C=S) groups is 1. The van der Waals surface area contributed by atoms with Gasteiger partial charge in [0.15, 0.2) is 0 Å². The number of rotatable bonds is 2. The summed E-state index contributed by atoms with van der Waals surface area (Å²) < 4.78 is 5.90. The second-order valence-corrected chi connectivity index (χ2v) is 5.66. The van der Waals surface area contributed by atoms with Crippen LogP contribution >= 0.6 is 12.2 Å². The number of hydrogen-bond acceptors (Lipinski definition) is 4. The molecule has 0 radical (unpaired) electrons. The molecule has 1 aliphatic heterocycles.